The summed E-state index contributed by atoms with van der Waals surface area (Å²) >= 11 is 0. The van der Waals surface area contributed by atoms with Crippen molar-refractivity contribution in [3.05, 3.63) is 90.0 Å². The molecule has 2 amide bonds. The molecule has 1 aliphatic rings. The van der Waals surface area contributed by atoms with Gasteiger partial charge in [0.2, 0.25) is 0 Å². The molecule has 0 saturated carbocycles. The lowest BCUT2D eigenvalue weighted by atomic mass is 9.94. The van der Waals surface area contributed by atoms with Gasteiger partial charge < -0.3 is 0 Å². The van der Waals surface area contributed by atoms with E-state index in [0.717, 1.165) is 10.8 Å². The smallest absolute Gasteiger partial charge is 0.261 e. The van der Waals surface area contributed by atoms with Crippen LogP contribution in [0.3, 0.4) is 0 Å². The van der Waals surface area contributed by atoms with Crippen LogP contribution in [0, 0.1) is 0 Å². The third kappa shape index (κ3) is 3.09. The fraction of sp³-hybridized carbons (Fsp3) is 0.0909. The average Bonchev–Trinajstić information content (AvgIpc) is 2.67. The van der Waals surface area contributed by atoms with E-state index < -0.39 is 0 Å². The van der Waals surface area contributed by atoms with Crippen molar-refractivity contribution in [1.82, 2.24) is 4.90 Å². The number of carbonyl (C=O) groups excluding carboxylic acids is 2. The van der Waals surface area contributed by atoms with Gasteiger partial charge in [-0.3, -0.25) is 14.5 Å². The van der Waals surface area contributed by atoms with Crippen molar-refractivity contribution in [2.24, 2.45) is 0 Å². The van der Waals surface area contributed by atoms with Crippen LogP contribution in [0.4, 0.5) is 0 Å². The number of carbonyl (C=O) groups is 2. The van der Waals surface area contributed by atoms with Crippen LogP contribution in [0.15, 0.2) is 73.3 Å². The highest BCUT2D eigenvalue weighted by atomic mass is 16.2. The molecule has 0 radical (unpaired) electrons. The lowest BCUT2D eigenvalue weighted by Crippen LogP contribution is -2.39. The molecule has 0 saturated heterocycles. The summed E-state index contributed by atoms with van der Waals surface area (Å²) in [6.07, 6.45) is 1.83. The Morgan fingerprint density at radius 2 is 1.40 bits per heavy atom. The van der Waals surface area contributed by atoms with E-state index in [1.165, 1.54) is 10.5 Å². The van der Waals surface area contributed by atoms with E-state index in [1.54, 1.807) is 12.1 Å². The van der Waals surface area contributed by atoms with Gasteiger partial charge in [0.25, 0.3) is 11.8 Å². The third-order valence-electron chi connectivity index (χ3n) is 4.21. The lowest BCUT2D eigenvalue weighted by molar-refractivity contribution is 0.0619. The molecule has 3 nitrogen and oxygen atoms in total. The largest absolute Gasteiger partial charge is 0.275 e. The Balaban J connectivity index is 0.000000192. The highest BCUT2D eigenvalue weighted by Crippen LogP contribution is 2.29. The normalized spacial score (nSPS) is 12.6. The van der Waals surface area contributed by atoms with Crippen molar-refractivity contribution in [1.29, 1.82) is 0 Å². The molecule has 0 bridgehead atoms. The average molecular weight is 329 g/mol. The van der Waals surface area contributed by atoms with E-state index in [-0.39, 0.29) is 11.8 Å². The van der Waals surface area contributed by atoms with E-state index in [9.17, 15) is 9.59 Å². The number of nitrogens with zero attached hydrogens (tertiary/aromatic N) is 1. The highest BCUT2D eigenvalue weighted by Gasteiger charge is 2.31. The topological polar surface area (TPSA) is 37.4 Å². The van der Waals surface area contributed by atoms with Crippen molar-refractivity contribution >= 4 is 28.7 Å². The Morgan fingerprint density at radius 3 is 1.84 bits per heavy atom. The number of amides is 2. The lowest BCUT2D eigenvalue weighted by Gasteiger charge is -2.25. The molecule has 0 atom stereocenters. The van der Waals surface area contributed by atoms with E-state index in [4.69, 9.17) is 0 Å². The fourth-order valence-electron chi connectivity index (χ4n) is 2.96. The number of rotatable bonds is 2. The molecular weight excluding hydrogens is 310 g/mol. The summed E-state index contributed by atoms with van der Waals surface area (Å²) in [5.41, 5.74) is 2.42. The molecule has 3 aromatic rings. The zero-order valence-electron chi connectivity index (χ0n) is 14.1. The molecule has 0 spiro atoms. The van der Waals surface area contributed by atoms with E-state index in [1.807, 2.05) is 67.6 Å². The van der Waals surface area contributed by atoms with Gasteiger partial charge in [0.1, 0.15) is 0 Å². The van der Waals surface area contributed by atoms with Crippen LogP contribution in [-0.4, -0.2) is 23.3 Å². The number of hydrogen-bond donors (Lipinski definition) is 0. The van der Waals surface area contributed by atoms with Crippen LogP contribution in [0.5, 0.6) is 0 Å². The van der Waals surface area contributed by atoms with Gasteiger partial charge in [-0.1, -0.05) is 67.3 Å². The van der Waals surface area contributed by atoms with Gasteiger partial charge in [-0.25, -0.2) is 0 Å². The van der Waals surface area contributed by atoms with Crippen LogP contribution in [0.25, 0.3) is 16.8 Å². The Hall–Kier alpha value is -3.20. The molecule has 3 aromatic carbocycles. The van der Waals surface area contributed by atoms with Gasteiger partial charge in [-0.15, -0.1) is 0 Å². The van der Waals surface area contributed by atoms with E-state index in [0.29, 0.717) is 17.7 Å². The second-order valence-electron chi connectivity index (χ2n) is 5.68. The van der Waals surface area contributed by atoms with Crippen LogP contribution >= 0.6 is 0 Å². The Morgan fingerprint density at radius 1 is 0.840 bits per heavy atom. The SMILES string of the molecule is C=Cc1ccccc1.CCN1C(=O)c2cccc3cccc(c23)C1=O. The molecule has 0 N–H and O–H groups in total. The van der Waals surface area contributed by atoms with Gasteiger partial charge in [0, 0.05) is 23.1 Å². The molecule has 0 fully saturated rings. The third-order valence-corrected chi connectivity index (χ3v) is 4.21. The molecule has 4 rings (SSSR count). The summed E-state index contributed by atoms with van der Waals surface area (Å²) < 4.78 is 0. The van der Waals surface area contributed by atoms with Crippen molar-refractivity contribution in [3.8, 4) is 0 Å². The second kappa shape index (κ2) is 7.14. The highest BCUT2D eigenvalue weighted by molar-refractivity contribution is 6.25. The number of benzene rings is 3. The maximum Gasteiger partial charge on any atom is 0.261 e. The quantitative estimate of drug-likeness (QED) is 0.634. The fourth-order valence-corrected chi connectivity index (χ4v) is 2.96. The molecule has 0 unspecified atom stereocenters. The van der Waals surface area contributed by atoms with E-state index in [2.05, 4.69) is 6.58 Å². The molecule has 0 aliphatic carbocycles. The first-order valence-corrected chi connectivity index (χ1v) is 8.22. The molecular formula is C22H19NO2. The van der Waals surface area contributed by atoms with Crippen LogP contribution in [0.2, 0.25) is 0 Å². The van der Waals surface area contributed by atoms with Gasteiger partial charge in [-0.2, -0.15) is 0 Å². The first-order chi connectivity index (χ1) is 12.2. The first-order valence-electron chi connectivity index (χ1n) is 8.22. The zero-order chi connectivity index (χ0) is 17.8. The first kappa shape index (κ1) is 16.7. The predicted molar refractivity (Wildman–Crippen MR) is 102 cm³/mol. The monoisotopic (exact) mass is 329 g/mol. The maximum absolute atomic E-state index is 12.1. The van der Waals surface area contributed by atoms with Crippen molar-refractivity contribution in [3.63, 3.8) is 0 Å². The summed E-state index contributed by atoms with van der Waals surface area (Å²) in [6.45, 7) is 5.85. The molecule has 25 heavy (non-hydrogen) atoms. The maximum atomic E-state index is 12.1. The van der Waals surface area contributed by atoms with Gasteiger partial charge >= 0.3 is 0 Å². The molecule has 0 aromatic heterocycles. The Kier molecular flexibility index (Phi) is 4.75. The molecule has 1 aliphatic heterocycles. The molecule has 1 heterocycles. The number of hydrogen-bond acceptors (Lipinski definition) is 2. The molecule has 124 valence electrons. The van der Waals surface area contributed by atoms with Crippen LogP contribution in [-0.2, 0) is 0 Å². The summed E-state index contributed by atoms with van der Waals surface area (Å²) in [6, 6.07) is 21.1. The van der Waals surface area contributed by atoms with Crippen molar-refractivity contribution < 1.29 is 9.59 Å². The van der Waals surface area contributed by atoms with Gasteiger partial charge in [-0.05, 0) is 30.0 Å². The summed E-state index contributed by atoms with van der Waals surface area (Å²) in [5, 5.41) is 1.73. The van der Waals surface area contributed by atoms with Gasteiger partial charge in [0.05, 0.1) is 0 Å². The zero-order valence-corrected chi connectivity index (χ0v) is 14.1. The van der Waals surface area contributed by atoms with Crippen molar-refractivity contribution in [2.45, 2.75) is 6.92 Å². The van der Waals surface area contributed by atoms with Crippen molar-refractivity contribution in [2.75, 3.05) is 6.54 Å². The van der Waals surface area contributed by atoms with Gasteiger partial charge in [0.15, 0.2) is 0 Å². The minimum atomic E-state index is -0.193. The van der Waals surface area contributed by atoms with E-state index >= 15 is 0 Å². The molecule has 3 heteroatoms. The minimum absolute atomic E-state index is 0.193. The second-order valence-corrected chi connectivity index (χ2v) is 5.68. The predicted octanol–water partition coefficient (Wildman–Crippen LogP) is 4.79. The Bertz CT molecular complexity index is 894. The minimum Gasteiger partial charge on any atom is -0.275 e. The van der Waals surface area contributed by atoms with Crippen LogP contribution < -0.4 is 0 Å². The summed E-state index contributed by atoms with van der Waals surface area (Å²) in [4.78, 5) is 25.6. The Labute approximate surface area is 147 Å². The summed E-state index contributed by atoms with van der Waals surface area (Å²) in [7, 11) is 0. The standard InChI is InChI=1S/C14H11NO2.C8H8/c1-2-15-13(16)10-7-3-5-9-6-4-8-11(12(9)10)14(15)17;1-2-8-6-4-3-5-7-8/h3-8H,2H2,1H3;2-7H,1H2. The number of imide groups is 1. The van der Waals surface area contributed by atoms with Crippen LogP contribution in [0.1, 0.15) is 33.2 Å². The summed E-state index contributed by atoms with van der Waals surface area (Å²) in [5.74, 6) is -0.386.